The molecule has 1 heterocycles. The van der Waals surface area contributed by atoms with Crippen LogP contribution in [-0.4, -0.2) is 34.8 Å². The average molecular weight is 262 g/mol. The van der Waals surface area contributed by atoms with Gasteiger partial charge < -0.3 is 15.7 Å². The number of nitrogens with two attached hydrogens (primary N) is 1. The summed E-state index contributed by atoms with van der Waals surface area (Å²) in [5, 5.41) is 9.37. The Morgan fingerprint density at radius 1 is 1.47 bits per heavy atom. The lowest BCUT2D eigenvalue weighted by Gasteiger charge is -2.20. The molecule has 0 unspecified atom stereocenters. The van der Waals surface area contributed by atoms with Gasteiger partial charge in [0.2, 0.25) is 5.95 Å². The van der Waals surface area contributed by atoms with E-state index in [0.717, 1.165) is 0 Å². The van der Waals surface area contributed by atoms with Crippen LogP contribution >= 0.6 is 0 Å². The Bertz CT molecular complexity index is 624. The fraction of sp³-hybridized carbons (Fsp3) is 0.385. The molecule has 6 nitrogen and oxygen atoms in total. The molecule has 2 aromatic rings. The molecule has 2 rings (SSSR count). The predicted octanol–water partition coefficient (Wildman–Crippen LogP) is 0.714. The zero-order chi connectivity index (χ0) is 13.8. The lowest BCUT2D eigenvalue weighted by molar-refractivity contribution is 0.289. The van der Waals surface area contributed by atoms with Crippen LogP contribution in [0.25, 0.3) is 10.9 Å². The number of nitrogen functional groups attached to an aromatic ring is 1. The van der Waals surface area contributed by atoms with E-state index in [0.29, 0.717) is 42.0 Å². The van der Waals surface area contributed by atoms with E-state index in [1.165, 1.54) is 0 Å². The fourth-order valence-corrected chi connectivity index (χ4v) is 1.97. The Hall–Kier alpha value is -2.08. The quantitative estimate of drug-likeness (QED) is 0.690. The summed E-state index contributed by atoms with van der Waals surface area (Å²) in [5.41, 5.74) is 6.63. The van der Waals surface area contributed by atoms with Crippen molar-refractivity contribution in [1.82, 2.24) is 9.97 Å². The summed E-state index contributed by atoms with van der Waals surface area (Å²) in [6.07, 6.45) is 0.636. The second kappa shape index (κ2) is 5.71. The van der Waals surface area contributed by atoms with Crippen molar-refractivity contribution < 1.29 is 5.11 Å². The molecule has 0 radical (unpaired) electrons. The number of aromatic nitrogens is 2. The van der Waals surface area contributed by atoms with Crippen LogP contribution < -0.4 is 16.2 Å². The van der Waals surface area contributed by atoms with E-state index in [4.69, 9.17) is 10.8 Å². The van der Waals surface area contributed by atoms with Crippen LogP contribution in [0.15, 0.2) is 23.0 Å². The van der Waals surface area contributed by atoms with Gasteiger partial charge in [0.25, 0.3) is 5.56 Å². The third-order valence-electron chi connectivity index (χ3n) is 2.98. The molecule has 1 aromatic heterocycles. The highest BCUT2D eigenvalue weighted by atomic mass is 16.3. The molecule has 0 spiro atoms. The lowest BCUT2D eigenvalue weighted by Crippen LogP contribution is -2.28. The number of nitrogens with one attached hydrogen (secondary N) is 1. The van der Waals surface area contributed by atoms with Gasteiger partial charge in [-0.05, 0) is 31.5 Å². The first-order valence-corrected chi connectivity index (χ1v) is 6.31. The Morgan fingerprint density at radius 3 is 2.95 bits per heavy atom. The third-order valence-corrected chi connectivity index (χ3v) is 2.98. The Balaban J connectivity index is 2.44. The molecule has 0 aliphatic heterocycles. The molecule has 19 heavy (non-hydrogen) atoms. The Kier molecular flexibility index (Phi) is 4.01. The zero-order valence-electron chi connectivity index (χ0n) is 10.9. The number of H-pyrrole nitrogens is 1. The maximum absolute atomic E-state index is 12.0. The number of aliphatic hydroxyl groups excluding tert-OH is 1. The molecular formula is C13H18N4O2. The van der Waals surface area contributed by atoms with Crippen molar-refractivity contribution in [2.24, 2.45) is 0 Å². The summed E-state index contributed by atoms with van der Waals surface area (Å²) < 4.78 is 0. The third kappa shape index (κ3) is 2.85. The Labute approximate surface area is 110 Å². The topological polar surface area (TPSA) is 95.2 Å². The standard InChI is InChI=1S/C13H18N4O2/c1-2-17(6-3-7-18)13-15-11-5-4-9(14)8-10(11)12(19)16-13/h4-5,8,18H,2-3,6-7,14H2,1H3,(H,15,16,19). The molecule has 0 bridgehead atoms. The average Bonchev–Trinajstić information content (AvgIpc) is 2.40. The minimum absolute atomic E-state index is 0.116. The summed E-state index contributed by atoms with van der Waals surface area (Å²) in [7, 11) is 0. The Morgan fingerprint density at radius 2 is 2.26 bits per heavy atom. The normalized spacial score (nSPS) is 10.8. The number of hydrogen-bond donors (Lipinski definition) is 3. The number of anilines is 2. The van der Waals surface area contributed by atoms with Crippen molar-refractivity contribution in [2.45, 2.75) is 13.3 Å². The number of fused-ring (bicyclic) bond motifs is 1. The summed E-state index contributed by atoms with van der Waals surface area (Å²) >= 11 is 0. The highest BCUT2D eigenvalue weighted by Gasteiger charge is 2.09. The van der Waals surface area contributed by atoms with Gasteiger partial charge in [-0.1, -0.05) is 0 Å². The SMILES string of the molecule is CCN(CCCO)c1nc2ccc(N)cc2c(=O)[nH]1. The van der Waals surface area contributed by atoms with E-state index < -0.39 is 0 Å². The molecule has 6 heteroatoms. The number of aliphatic hydroxyl groups is 1. The van der Waals surface area contributed by atoms with Crippen molar-refractivity contribution >= 4 is 22.5 Å². The predicted molar refractivity (Wildman–Crippen MR) is 76.4 cm³/mol. The van der Waals surface area contributed by atoms with Crippen LogP contribution in [0.3, 0.4) is 0 Å². The van der Waals surface area contributed by atoms with Crippen molar-refractivity contribution in [2.75, 3.05) is 30.3 Å². The van der Waals surface area contributed by atoms with E-state index in [-0.39, 0.29) is 12.2 Å². The maximum Gasteiger partial charge on any atom is 0.260 e. The van der Waals surface area contributed by atoms with Crippen LogP contribution in [0.2, 0.25) is 0 Å². The number of rotatable bonds is 5. The van der Waals surface area contributed by atoms with Gasteiger partial charge >= 0.3 is 0 Å². The molecule has 0 aliphatic rings. The lowest BCUT2D eigenvalue weighted by atomic mass is 10.2. The van der Waals surface area contributed by atoms with Gasteiger partial charge in [0.15, 0.2) is 0 Å². The highest BCUT2D eigenvalue weighted by Crippen LogP contribution is 2.14. The van der Waals surface area contributed by atoms with Crippen molar-refractivity contribution in [1.29, 1.82) is 0 Å². The van der Waals surface area contributed by atoms with Crippen LogP contribution in [-0.2, 0) is 0 Å². The van der Waals surface area contributed by atoms with Gasteiger partial charge in [-0.2, -0.15) is 0 Å². The van der Waals surface area contributed by atoms with Gasteiger partial charge in [-0.15, -0.1) is 0 Å². The molecule has 102 valence electrons. The number of nitrogens with zero attached hydrogens (tertiary/aromatic N) is 2. The summed E-state index contributed by atoms with van der Waals surface area (Å²) in [4.78, 5) is 21.1. The zero-order valence-corrected chi connectivity index (χ0v) is 10.9. The second-order valence-corrected chi connectivity index (χ2v) is 4.32. The summed E-state index contributed by atoms with van der Waals surface area (Å²) in [5.74, 6) is 0.526. The van der Waals surface area contributed by atoms with E-state index in [1.54, 1.807) is 18.2 Å². The first-order valence-electron chi connectivity index (χ1n) is 6.31. The number of benzene rings is 1. The molecular weight excluding hydrogens is 244 g/mol. The minimum atomic E-state index is -0.199. The molecule has 4 N–H and O–H groups in total. The number of hydrogen-bond acceptors (Lipinski definition) is 5. The van der Waals surface area contributed by atoms with E-state index in [2.05, 4.69) is 9.97 Å². The van der Waals surface area contributed by atoms with E-state index in [9.17, 15) is 4.79 Å². The van der Waals surface area contributed by atoms with Crippen molar-refractivity contribution in [3.63, 3.8) is 0 Å². The summed E-state index contributed by atoms with van der Waals surface area (Å²) in [6.45, 7) is 3.45. The maximum atomic E-state index is 12.0. The first-order chi connectivity index (χ1) is 9.15. The number of aromatic amines is 1. The van der Waals surface area contributed by atoms with Crippen LogP contribution in [0.5, 0.6) is 0 Å². The van der Waals surface area contributed by atoms with Gasteiger partial charge in [-0.25, -0.2) is 4.98 Å². The first kappa shape index (κ1) is 13.4. The minimum Gasteiger partial charge on any atom is -0.399 e. The van der Waals surface area contributed by atoms with Gasteiger partial charge in [-0.3, -0.25) is 9.78 Å². The smallest absolute Gasteiger partial charge is 0.260 e. The molecule has 1 aromatic carbocycles. The molecule has 0 amide bonds. The fourth-order valence-electron chi connectivity index (χ4n) is 1.97. The van der Waals surface area contributed by atoms with Gasteiger partial charge in [0, 0.05) is 25.4 Å². The van der Waals surface area contributed by atoms with E-state index >= 15 is 0 Å². The molecule has 0 atom stereocenters. The largest absolute Gasteiger partial charge is 0.399 e. The summed E-state index contributed by atoms with van der Waals surface area (Å²) in [6, 6.07) is 5.08. The molecule has 0 saturated carbocycles. The van der Waals surface area contributed by atoms with Crippen molar-refractivity contribution in [3.8, 4) is 0 Å². The van der Waals surface area contributed by atoms with Crippen LogP contribution in [0, 0.1) is 0 Å². The molecule has 0 aliphatic carbocycles. The van der Waals surface area contributed by atoms with Crippen LogP contribution in [0.4, 0.5) is 11.6 Å². The van der Waals surface area contributed by atoms with E-state index in [1.807, 2.05) is 11.8 Å². The highest BCUT2D eigenvalue weighted by molar-refractivity contribution is 5.81. The van der Waals surface area contributed by atoms with Crippen LogP contribution in [0.1, 0.15) is 13.3 Å². The monoisotopic (exact) mass is 262 g/mol. The molecule has 0 fully saturated rings. The van der Waals surface area contributed by atoms with Crippen molar-refractivity contribution in [3.05, 3.63) is 28.6 Å². The van der Waals surface area contributed by atoms with Gasteiger partial charge in [0.05, 0.1) is 10.9 Å². The molecule has 0 saturated heterocycles. The second-order valence-electron chi connectivity index (χ2n) is 4.32. The van der Waals surface area contributed by atoms with Gasteiger partial charge in [0.1, 0.15) is 0 Å².